The molecule has 0 aliphatic rings. The number of hydrogen-bond acceptors (Lipinski definition) is 2. The van der Waals surface area contributed by atoms with Gasteiger partial charge in [-0.05, 0) is 6.92 Å². The van der Waals surface area contributed by atoms with E-state index in [4.69, 9.17) is 16.5 Å². The smallest absolute Gasteiger partial charge is 0.146 e. The first-order valence-corrected chi connectivity index (χ1v) is 3.64. The zero-order valence-electron chi connectivity index (χ0n) is 3.81. The fraction of sp³-hybridized carbons (Fsp3) is 0.667. The van der Waals surface area contributed by atoms with Crippen molar-refractivity contribution in [2.24, 2.45) is 0 Å². The van der Waals surface area contributed by atoms with E-state index in [1.54, 1.807) is 6.92 Å². The van der Waals surface area contributed by atoms with Gasteiger partial charge in [-0.25, -0.2) is 0 Å². The average Bonchev–Trinajstić information content (AvgIpc) is 1.68. The number of nitriles is 1. The van der Waals surface area contributed by atoms with Gasteiger partial charge in [-0.2, -0.15) is 5.26 Å². The van der Waals surface area contributed by atoms with E-state index in [0.717, 1.165) is 0 Å². The quantitative estimate of drug-likeness (QED) is 0.543. The Hall–Kier alpha value is 0.170. The van der Waals surface area contributed by atoms with Crippen LogP contribution in [0.3, 0.4) is 0 Å². The van der Waals surface area contributed by atoms with Crippen molar-refractivity contribution in [2.45, 2.75) is 13.0 Å². The molecule has 2 nitrogen and oxygen atoms in total. The molecule has 4 heteroatoms. The Morgan fingerprint density at radius 3 is 2.71 bits per heavy atom. The summed E-state index contributed by atoms with van der Waals surface area (Å²) in [6, 6.07) is 1.87. The highest BCUT2D eigenvalue weighted by molar-refractivity contribution is 7.64. The Bertz CT molecular complexity index is 81.5. The molecule has 0 aromatic heterocycles. The SMILES string of the molecule is CC(C#N)OPCl. The first-order valence-electron chi connectivity index (χ1n) is 1.72. The van der Waals surface area contributed by atoms with Crippen molar-refractivity contribution in [1.29, 1.82) is 5.26 Å². The Morgan fingerprint density at radius 1 is 2.00 bits per heavy atom. The molecular weight excluding hydrogens is 132 g/mol. The van der Waals surface area contributed by atoms with Gasteiger partial charge in [0.25, 0.3) is 0 Å². The maximum atomic E-state index is 8.04. The zero-order chi connectivity index (χ0) is 5.70. The summed E-state index contributed by atoms with van der Waals surface area (Å²) in [5.74, 6) is 0. The van der Waals surface area contributed by atoms with Gasteiger partial charge in [0.1, 0.15) is 14.3 Å². The van der Waals surface area contributed by atoms with E-state index in [0.29, 0.717) is 0 Å². The highest BCUT2D eigenvalue weighted by atomic mass is 35.7. The molecule has 0 rings (SSSR count). The van der Waals surface area contributed by atoms with Gasteiger partial charge in [0, 0.05) is 0 Å². The van der Waals surface area contributed by atoms with Crippen LogP contribution in [0, 0.1) is 11.3 Å². The Balaban J connectivity index is 3.04. The van der Waals surface area contributed by atoms with Gasteiger partial charge in [-0.15, -0.1) is 0 Å². The van der Waals surface area contributed by atoms with Crippen LogP contribution in [0.4, 0.5) is 0 Å². The van der Waals surface area contributed by atoms with E-state index >= 15 is 0 Å². The molecule has 2 atom stereocenters. The number of halogens is 1. The average molecular weight is 138 g/mol. The second-order valence-corrected chi connectivity index (χ2v) is 1.82. The summed E-state index contributed by atoms with van der Waals surface area (Å²) in [5.41, 5.74) is 0. The molecule has 0 heterocycles. The molecule has 0 amide bonds. The highest BCUT2D eigenvalue weighted by Crippen LogP contribution is 2.18. The van der Waals surface area contributed by atoms with E-state index in [1.165, 1.54) is 0 Å². The van der Waals surface area contributed by atoms with Crippen molar-refractivity contribution in [2.75, 3.05) is 0 Å². The fourth-order valence-corrected chi connectivity index (χ4v) is 0.680. The summed E-state index contributed by atoms with van der Waals surface area (Å²) in [4.78, 5) is 0. The normalized spacial score (nSPS) is 14.4. The lowest BCUT2D eigenvalue weighted by molar-refractivity contribution is 0.323. The fourth-order valence-electron chi connectivity index (χ4n) is 0.0932. The molecular formula is C3H5ClNOP. The van der Waals surface area contributed by atoms with Gasteiger partial charge in [-0.3, -0.25) is 0 Å². The molecule has 0 saturated carbocycles. The Kier molecular flexibility index (Phi) is 4.44. The van der Waals surface area contributed by atoms with Gasteiger partial charge < -0.3 is 4.52 Å². The summed E-state index contributed by atoms with van der Waals surface area (Å²) >= 11 is 5.13. The van der Waals surface area contributed by atoms with E-state index in [2.05, 4.69) is 4.52 Å². The van der Waals surface area contributed by atoms with Gasteiger partial charge in [0.2, 0.25) is 0 Å². The molecule has 0 spiro atoms. The maximum absolute atomic E-state index is 8.04. The van der Waals surface area contributed by atoms with Crippen molar-refractivity contribution in [3.05, 3.63) is 0 Å². The summed E-state index contributed by atoms with van der Waals surface area (Å²) in [7, 11) is -0.105. The third kappa shape index (κ3) is 4.01. The van der Waals surface area contributed by atoms with Gasteiger partial charge >= 0.3 is 0 Å². The van der Waals surface area contributed by atoms with Crippen LogP contribution in [0.1, 0.15) is 6.92 Å². The highest BCUT2D eigenvalue weighted by Gasteiger charge is 1.93. The largest absolute Gasteiger partial charge is 0.328 e. The Morgan fingerprint density at radius 2 is 2.57 bits per heavy atom. The van der Waals surface area contributed by atoms with Gasteiger partial charge in [0.05, 0.1) is 6.07 Å². The van der Waals surface area contributed by atoms with Crippen LogP contribution in [-0.2, 0) is 4.52 Å². The first-order chi connectivity index (χ1) is 3.31. The van der Waals surface area contributed by atoms with Crippen molar-refractivity contribution in [1.82, 2.24) is 0 Å². The summed E-state index contributed by atoms with van der Waals surface area (Å²) < 4.78 is 4.62. The number of hydrogen-bond donors (Lipinski definition) is 0. The molecule has 0 aliphatic carbocycles. The lowest BCUT2D eigenvalue weighted by Crippen LogP contribution is -1.94. The number of rotatable bonds is 2. The first kappa shape index (κ1) is 7.17. The molecule has 0 aliphatic heterocycles. The molecule has 2 unspecified atom stereocenters. The molecule has 0 aromatic rings. The minimum Gasteiger partial charge on any atom is -0.328 e. The molecule has 0 N–H and O–H groups in total. The minimum absolute atomic E-state index is 0.105. The predicted molar refractivity (Wildman–Crippen MR) is 30.3 cm³/mol. The van der Waals surface area contributed by atoms with Gasteiger partial charge in [-0.1, -0.05) is 11.2 Å². The minimum atomic E-state index is -0.365. The Labute approximate surface area is 49.1 Å². The van der Waals surface area contributed by atoms with Crippen LogP contribution in [0.15, 0.2) is 0 Å². The predicted octanol–water partition coefficient (Wildman–Crippen LogP) is 1.66. The van der Waals surface area contributed by atoms with Crippen molar-refractivity contribution >= 4 is 19.4 Å². The summed E-state index contributed by atoms with van der Waals surface area (Å²) in [6.45, 7) is 1.65. The lowest BCUT2D eigenvalue weighted by atomic mass is 10.5. The van der Waals surface area contributed by atoms with E-state index in [9.17, 15) is 0 Å². The van der Waals surface area contributed by atoms with Gasteiger partial charge in [0.15, 0.2) is 0 Å². The van der Waals surface area contributed by atoms with Crippen LogP contribution < -0.4 is 0 Å². The molecule has 0 radical (unpaired) electrons. The summed E-state index contributed by atoms with van der Waals surface area (Å²) in [5, 5.41) is 8.04. The molecule has 0 bridgehead atoms. The standard InChI is InChI=1S/C3H5ClNOP/c1-3(2-5)6-7-4/h3,7H,1H3. The monoisotopic (exact) mass is 137 g/mol. The van der Waals surface area contributed by atoms with Crippen LogP contribution in [0.2, 0.25) is 0 Å². The van der Waals surface area contributed by atoms with E-state index < -0.39 is 0 Å². The lowest BCUT2D eigenvalue weighted by Gasteiger charge is -1.95. The number of nitrogens with zero attached hydrogens (tertiary/aromatic N) is 1. The summed E-state index contributed by atoms with van der Waals surface area (Å²) in [6.07, 6.45) is -0.365. The van der Waals surface area contributed by atoms with Crippen LogP contribution in [0.25, 0.3) is 0 Å². The van der Waals surface area contributed by atoms with Crippen molar-refractivity contribution in [3.8, 4) is 6.07 Å². The maximum Gasteiger partial charge on any atom is 0.146 e. The van der Waals surface area contributed by atoms with Crippen molar-refractivity contribution < 1.29 is 4.52 Å². The molecule has 0 saturated heterocycles. The van der Waals surface area contributed by atoms with E-state index in [1.807, 2.05) is 6.07 Å². The second kappa shape index (κ2) is 4.33. The molecule has 0 fully saturated rings. The molecule has 0 aromatic carbocycles. The third-order valence-electron chi connectivity index (χ3n) is 0.403. The van der Waals surface area contributed by atoms with Crippen LogP contribution >= 0.6 is 19.4 Å². The molecule has 7 heavy (non-hydrogen) atoms. The second-order valence-electron chi connectivity index (χ2n) is 0.966. The third-order valence-corrected chi connectivity index (χ3v) is 1.11. The van der Waals surface area contributed by atoms with Crippen LogP contribution in [-0.4, -0.2) is 6.10 Å². The topological polar surface area (TPSA) is 33.0 Å². The molecule has 40 valence electrons. The zero-order valence-corrected chi connectivity index (χ0v) is 5.57. The van der Waals surface area contributed by atoms with E-state index in [-0.39, 0.29) is 14.3 Å². The van der Waals surface area contributed by atoms with Crippen molar-refractivity contribution in [3.63, 3.8) is 0 Å². The van der Waals surface area contributed by atoms with Crippen LogP contribution in [0.5, 0.6) is 0 Å².